The van der Waals surface area contributed by atoms with Crippen molar-refractivity contribution in [1.82, 2.24) is 0 Å². The van der Waals surface area contributed by atoms with Crippen molar-refractivity contribution < 1.29 is 13.6 Å². The molecule has 1 aliphatic rings. The fourth-order valence-electron chi connectivity index (χ4n) is 4.83. The van der Waals surface area contributed by atoms with E-state index in [0.717, 1.165) is 30.8 Å². The molecule has 0 atom stereocenters. The minimum atomic E-state index is -1.65. The molecule has 2 N–H and O–H groups in total. The quantitative estimate of drug-likeness (QED) is 0.379. The molecule has 0 bridgehead atoms. The summed E-state index contributed by atoms with van der Waals surface area (Å²) in [6.45, 7) is 23.4. The van der Waals surface area contributed by atoms with Gasteiger partial charge in [0.1, 0.15) is 11.5 Å². The van der Waals surface area contributed by atoms with Crippen molar-refractivity contribution in [2.75, 3.05) is 13.2 Å². The lowest BCUT2D eigenvalue weighted by molar-refractivity contribution is 0.267. The zero-order chi connectivity index (χ0) is 26.8. The maximum Gasteiger partial charge on any atom is 0.463 e. The van der Waals surface area contributed by atoms with Crippen molar-refractivity contribution in [2.24, 2.45) is 17.6 Å². The Kier molecular flexibility index (Phi) is 9.18. The summed E-state index contributed by atoms with van der Waals surface area (Å²) < 4.78 is 19.4. The lowest BCUT2D eigenvalue weighted by Crippen LogP contribution is -2.20. The van der Waals surface area contributed by atoms with Crippen molar-refractivity contribution in [1.29, 1.82) is 0 Å². The smallest absolute Gasteiger partial charge is 0.417 e. The van der Waals surface area contributed by atoms with Crippen LogP contribution in [0.2, 0.25) is 0 Å². The molecule has 2 aromatic rings. The molecule has 0 amide bonds. The zero-order valence-electron chi connectivity index (χ0n) is 24.2. The molecule has 0 spiro atoms. The van der Waals surface area contributed by atoms with Gasteiger partial charge in [0.15, 0.2) is 0 Å². The maximum atomic E-state index is 6.64. The maximum absolute atomic E-state index is 6.64. The van der Waals surface area contributed by atoms with Gasteiger partial charge >= 0.3 is 8.60 Å². The second-order valence-corrected chi connectivity index (χ2v) is 14.2. The number of fused-ring (bicyclic) bond motifs is 2. The monoisotopic (exact) mass is 513 g/mol. The normalized spacial score (nSPS) is 14.7. The Morgan fingerprint density at radius 3 is 1.53 bits per heavy atom. The van der Waals surface area contributed by atoms with Crippen molar-refractivity contribution in [2.45, 2.75) is 99.3 Å². The predicted molar refractivity (Wildman–Crippen MR) is 153 cm³/mol. The highest BCUT2D eigenvalue weighted by Crippen LogP contribution is 2.52. The van der Waals surface area contributed by atoms with E-state index in [4.69, 9.17) is 19.3 Å². The average Bonchev–Trinajstić information content (AvgIpc) is 2.70. The van der Waals surface area contributed by atoms with Crippen LogP contribution in [0.3, 0.4) is 0 Å². The molecule has 3 rings (SSSR count). The summed E-state index contributed by atoms with van der Waals surface area (Å²) >= 11 is 0. The summed E-state index contributed by atoms with van der Waals surface area (Å²) in [5, 5.41) is 0. The van der Waals surface area contributed by atoms with E-state index in [2.05, 4.69) is 93.5 Å². The fraction of sp³-hybridized carbons (Fsp3) is 0.613. The molecule has 0 unspecified atom stereocenters. The third-order valence-electron chi connectivity index (χ3n) is 6.38. The highest BCUT2D eigenvalue weighted by molar-refractivity contribution is 7.42. The SMILES string of the molecule is CC(C)Cc1cc2c(c(C(C)(C)C)c1)OP(OCCN)Oc1c(cc(CC(C)C)cc1C(C)(C)C)C2. The van der Waals surface area contributed by atoms with E-state index in [0.29, 0.717) is 25.0 Å². The summed E-state index contributed by atoms with van der Waals surface area (Å²) in [6, 6.07) is 9.35. The van der Waals surface area contributed by atoms with Crippen LogP contribution >= 0.6 is 8.60 Å². The van der Waals surface area contributed by atoms with Gasteiger partial charge in [-0.15, -0.1) is 0 Å². The molecule has 0 aromatic heterocycles. The van der Waals surface area contributed by atoms with Gasteiger partial charge in [0.25, 0.3) is 0 Å². The summed E-state index contributed by atoms with van der Waals surface area (Å²) in [7, 11) is -1.65. The molecule has 2 aromatic carbocycles. The number of rotatable bonds is 7. The van der Waals surface area contributed by atoms with Gasteiger partial charge in [0, 0.05) is 24.1 Å². The summed E-state index contributed by atoms with van der Waals surface area (Å²) in [5.74, 6) is 2.98. The molecule has 36 heavy (non-hydrogen) atoms. The molecule has 1 heterocycles. The van der Waals surface area contributed by atoms with Crippen LogP contribution in [0, 0.1) is 11.8 Å². The van der Waals surface area contributed by atoms with Gasteiger partial charge in [-0.2, -0.15) is 0 Å². The third kappa shape index (κ3) is 7.24. The predicted octanol–water partition coefficient (Wildman–Crippen LogP) is 8.24. The van der Waals surface area contributed by atoms with Crippen LogP contribution in [0.25, 0.3) is 0 Å². The Hall–Kier alpha value is -1.61. The van der Waals surface area contributed by atoms with Crippen LogP contribution in [0.1, 0.15) is 103 Å². The Labute approximate surface area is 221 Å². The van der Waals surface area contributed by atoms with Gasteiger partial charge in [-0.1, -0.05) is 93.5 Å². The van der Waals surface area contributed by atoms with Crippen LogP contribution in [0.4, 0.5) is 0 Å². The van der Waals surface area contributed by atoms with E-state index >= 15 is 0 Å². The van der Waals surface area contributed by atoms with E-state index in [1.54, 1.807) is 0 Å². The number of hydrogen-bond acceptors (Lipinski definition) is 4. The Morgan fingerprint density at radius 1 is 0.778 bits per heavy atom. The van der Waals surface area contributed by atoms with Gasteiger partial charge in [-0.3, -0.25) is 4.52 Å². The van der Waals surface area contributed by atoms with Gasteiger partial charge < -0.3 is 14.8 Å². The molecule has 0 radical (unpaired) electrons. The number of hydrogen-bond donors (Lipinski definition) is 1. The zero-order valence-corrected chi connectivity index (χ0v) is 25.1. The molecule has 0 saturated heterocycles. The van der Waals surface area contributed by atoms with Crippen LogP contribution in [0.15, 0.2) is 24.3 Å². The standard InChI is InChI=1S/C31H48NO3P/c1-20(2)13-22-15-24-19-25-16-23(14-21(3)4)18-27(31(8,9)10)29(25)35-36(33-12-11-32)34-28(24)26(17-22)30(5,6)7/h15-18,20-21H,11-14,19,32H2,1-10H3. The first kappa shape index (κ1) is 29.0. The lowest BCUT2D eigenvalue weighted by Gasteiger charge is -2.32. The first-order valence-electron chi connectivity index (χ1n) is 13.5. The Morgan fingerprint density at radius 2 is 1.19 bits per heavy atom. The van der Waals surface area contributed by atoms with E-state index in [-0.39, 0.29) is 10.8 Å². The van der Waals surface area contributed by atoms with Crippen LogP contribution in [-0.4, -0.2) is 13.2 Å². The fourth-order valence-corrected chi connectivity index (χ4v) is 5.96. The van der Waals surface area contributed by atoms with Crippen molar-refractivity contribution >= 4 is 8.60 Å². The molecular formula is C31H48NO3P. The van der Waals surface area contributed by atoms with Gasteiger partial charge in [-0.05, 0) is 57.8 Å². The van der Waals surface area contributed by atoms with Crippen LogP contribution in [0.5, 0.6) is 11.5 Å². The topological polar surface area (TPSA) is 53.7 Å². The van der Waals surface area contributed by atoms with E-state index in [1.165, 1.54) is 33.4 Å². The highest BCUT2D eigenvalue weighted by atomic mass is 31.2. The Balaban J connectivity index is 2.29. The summed E-state index contributed by atoms with van der Waals surface area (Å²) in [6.07, 6.45) is 2.85. The third-order valence-corrected chi connectivity index (χ3v) is 7.44. The largest absolute Gasteiger partial charge is 0.463 e. The summed E-state index contributed by atoms with van der Waals surface area (Å²) in [5.41, 5.74) is 13.2. The first-order valence-corrected chi connectivity index (χ1v) is 14.6. The van der Waals surface area contributed by atoms with Crippen LogP contribution < -0.4 is 14.8 Å². The number of nitrogens with two attached hydrogens (primary N) is 1. The molecule has 200 valence electrons. The molecule has 4 nitrogen and oxygen atoms in total. The van der Waals surface area contributed by atoms with Gasteiger partial charge in [-0.25, -0.2) is 0 Å². The van der Waals surface area contributed by atoms with Crippen molar-refractivity contribution in [3.05, 3.63) is 57.6 Å². The molecule has 0 aliphatic carbocycles. The second-order valence-electron chi connectivity index (χ2n) is 13.2. The van der Waals surface area contributed by atoms with E-state index in [9.17, 15) is 0 Å². The van der Waals surface area contributed by atoms with Crippen molar-refractivity contribution in [3.63, 3.8) is 0 Å². The molecular weight excluding hydrogens is 465 g/mol. The van der Waals surface area contributed by atoms with Crippen molar-refractivity contribution in [3.8, 4) is 11.5 Å². The average molecular weight is 514 g/mol. The molecule has 0 saturated carbocycles. The van der Waals surface area contributed by atoms with E-state index in [1.807, 2.05) is 0 Å². The minimum absolute atomic E-state index is 0.0793. The second kappa shape index (κ2) is 11.4. The van der Waals surface area contributed by atoms with E-state index < -0.39 is 8.60 Å². The molecule has 5 heteroatoms. The highest BCUT2D eigenvalue weighted by Gasteiger charge is 2.33. The molecule has 1 aliphatic heterocycles. The van der Waals surface area contributed by atoms with Gasteiger partial charge in [0.2, 0.25) is 0 Å². The molecule has 0 fully saturated rings. The minimum Gasteiger partial charge on any atom is -0.417 e. The summed E-state index contributed by atoms with van der Waals surface area (Å²) in [4.78, 5) is 0. The number of benzene rings is 2. The van der Waals surface area contributed by atoms with Crippen LogP contribution in [-0.2, 0) is 34.6 Å². The first-order chi connectivity index (χ1) is 16.7. The Bertz CT molecular complexity index is 968. The van der Waals surface area contributed by atoms with Gasteiger partial charge in [0.05, 0.1) is 6.61 Å². The lowest BCUT2D eigenvalue weighted by atomic mass is 9.80.